The summed E-state index contributed by atoms with van der Waals surface area (Å²) < 4.78 is 0. The van der Waals surface area contributed by atoms with Crippen LogP contribution >= 0.6 is 0 Å². The second-order valence-corrected chi connectivity index (χ2v) is 5.81. The molecule has 0 spiro atoms. The first-order chi connectivity index (χ1) is 10.7. The van der Waals surface area contributed by atoms with Gasteiger partial charge in [-0.25, -0.2) is 0 Å². The summed E-state index contributed by atoms with van der Waals surface area (Å²) in [6.07, 6.45) is 1.50. The Morgan fingerprint density at radius 2 is 1.43 bits per heavy atom. The first kappa shape index (κ1) is 17.3. The van der Waals surface area contributed by atoms with Crippen molar-refractivity contribution in [3.63, 3.8) is 0 Å². The third kappa shape index (κ3) is 3.19. The van der Waals surface area contributed by atoms with E-state index in [-0.39, 0.29) is 75.3 Å². The van der Waals surface area contributed by atoms with Crippen molar-refractivity contribution < 1.29 is 78.8 Å². The van der Waals surface area contributed by atoms with E-state index in [0.29, 0.717) is 6.42 Å². The molecule has 0 amide bonds. The monoisotopic (exact) mass is 420 g/mol. The number of aliphatic carboxylic acids is 1. The molecule has 0 heterocycles. The fraction of sp³-hybridized carbons (Fsp3) is 0.150. The van der Waals surface area contributed by atoms with E-state index in [0.717, 1.165) is 6.42 Å². The van der Waals surface area contributed by atoms with Gasteiger partial charge in [-0.2, -0.15) is 0 Å². The van der Waals surface area contributed by atoms with E-state index in [9.17, 15) is 9.90 Å². The van der Waals surface area contributed by atoms with Crippen LogP contribution in [-0.2, 0) is 11.2 Å². The van der Waals surface area contributed by atoms with Crippen LogP contribution in [0, 0.1) is 0 Å². The van der Waals surface area contributed by atoms with E-state index in [1.54, 1.807) is 0 Å². The Kier molecular flexibility index (Phi) is 5.36. The molecule has 0 radical (unpaired) electrons. The smallest absolute Gasteiger partial charge is 0.550 e. The summed E-state index contributed by atoms with van der Waals surface area (Å²) in [5.74, 6) is -0.974. The van der Waals surface area contributed by atoms with Crippen molar-refractivity contribution in [3.05, 3.63) is 60.2 Å². The van der Waals surface area contributed by atoms with Crippen molar-refractivity contribution in [2.45, 2.75) is 19.3 Å². The second kappa shape index (κ2) is 7.13. The molecule has 23 heavy (non-hydrogen) atoms. The van der Waals surface area contributed by atoms with E-state index < -0.39 is 5.97 Å². The van der Waals surface area contributed by atoms with Gasteiger partial charge in [0.2, 0.25) is 0 Å². The minimum Gasteiger partial charge on any atom is -0.550 e. The van der Waals surface area contributed by atoms with Crippen molar-refractivity contribution in [2.75, 3.05) is 0 Å². The van der Waals surface area contributed by atoms with E-state index in [2.05, 4.69) is 54.6 Å². The normalized spacial score (nSPS) is 11.1. The Bertz CT molecular complexity index is 975. The van der Waals surface area contributed by atoms with Gasteiger partial charge in [-0.3, -0.25) is 0 Å². The van der Waals surface area contributed by atoms with Gasteiger partial charge in [0.05, 0.1) is 0 Å². The van der Waals surface area contributed by atoms with Crippen LogP contribution in [-0.4, -0.2) is 5.97 Å². The van der Waals surface area contributed by atoms with Gasteiger partial charge in [-0.1, -0.05) is 54.6 Å². The topological polar surface area (TPSA) is 40.1 Å². The van der Waals surface area contributed by atoms with Gasteiger partial charge in [0, 0.05) is 5.97 Å². The van der Waals surface area contributed by atoms with Crippen LogP contribution in [0.2, 0.25) is 0 Å². The van der Waals surface area contributed by atoms with Gasteiger partial charge in [0.15, 0.2) is 0 Å². The van der Waals surface area contributed by atoms with Crippen molar-refractivity contribution in [1.82, 2.24) is 0 Å². The molecule has 0 aliphatic heterocycles. The number of rotatable bonds is 4. The molecule has 0 aromatic heterocycles. The number of hydrogen-bond donors (Lipinski definition) is 0. The SMILES string of the molecule is O=C([O-])CCCc1ccc2ccc3cccc4ccc1c2c34.[Cs+]. The standard InChI is InChI=1S/C20H16O2.Cs/c21-18(22)6-2-3-13-7-8-16-10-9-14-4-1-5-15-11-12-17(13)20(16)19(14)15;/h1,4-5,7-12H,2-3,6H2,(H,21,22);/q;+1/p-1. The molecule has 108 valence electrons. The molecule has 0 bridgehead atoms. The van der Waals surface area contributed by atoms with Crippen molar-refractivity contribution >= 4 is 38.3 Å². The molecule has 0 aliphatic rings. The van der Waals surface area contributed by atoms with E-state index >= 15 is 0 Å². The first-order valence-electron chi connectivity index (χ1n) is 7.59. The van der Waals surface area contributed by atoms with Crippen LogP contribution in [0.1, 0.15) is 18.4 Å². The molecule has 0 unspecified atom stereocenters. The number of carbonyl (C=O) groups is 1. The van der Waals surface area contributed by atoms with E-state index in [4.69, 9.17) is 0 Å². The zero-order valence-corrected chi connectivity index (χ0v) is 19.4. The molecule has 0 fully saturated rings. The number of carboxylic acid groups (broad SMARTS) is 1. The number of benzene rings is 4. The van der Waals surface area contributed by atoms with Crippen molar-refractivity contribution in [1.29, 1.82) is 0 Å². The molecular formula is C20H15CsO2. The van der Waals surface area contributed by atoms with Crippen LogP contribution in [0.15, 0.2) is 54.6 Å². The largest absolute Gasteiger partial charge is 1.00 e. The molecule has 4 aromatic rings. The Hall–Kier alpha value is -0.558. The fourth-order valence-electron chi connectivity index (χ4n) is 3.44. The minimum atomic E-state index is -0.974. The zero-order chi connectivity index (χ0) is 15.1. The summed E-state index contributed by atoms with van der Waals surface area (Å²) in [6.45, 7) is 0. The van der Waals surface area contributed by atoms with Crippen LogP contribution in [0.5, 0.6) is 0 Å². The van der Waals surface area contributed by atoms with E-state index in [1.807, 2.05) is 0 Å². The number of carboxylic acids is 1. The van der Waals surface area contributed by atoms with Gasteiger partial charge in [0.25, 0.3) is 0 Å². The number of hydrogen-bond acceptors (Lipinski definition) is 2. The Balaban J connectivity index is 0.00000156. The number of aryl methyl sites for hydroxylation is 1. The average Bonchev–Trinajstić information content (AvgIpc) is 2.53. The maximum absolute atomic E-state index is 10.6. The molecule has 2 nitrogen and oxygen atoms in total. The van der Waals surface area contributed by atoms with Crippen LogP contribution in [0.4, 0.5) is 0 Å². The van der Waals surface area contributed by atoms with Crippen molar-refractivity contribution in [2.24, 2.45) is 0 Å². The zero-order valence-electron chi connectivity index (χ0n) is 13.1. The molecule has 4 rings (SSSR count). The van der Waals surface area contributed by atoms with Crippen LogP contribution < -0.4 is 74.0 Å². The average molecular weight is 420 g/mol. The summed E-state index contributed by atoms with van der Waals surface area (Å²) in [5.41, 5.74) is 1.21. The first-order valence-corrected chi connectivity index (χ1v) is 7.59. The Morgan fingerprint density at radius 3 is 2.13 bits per heavy atom. The molecule has 0 saturated heterocycles. The molecule has 0 N–H and O–H groups in total. The summed E-state index contributed by atoms with van der Waals surface area (Å²) >= 11 is 0. The molecular weight excluding hydrogens is 405 g/mol. The summed E-state index contributed by atoms with van der Waals surface area (Å²) in [7, 11) is 0. The van der Waals surface area contributed by atoms with Crippen LogP contribution in [0.25, 0.3) is 32.3 Å². The van der Waals surface area contributed by atoms with Gasteiger partial charge in [-0.15, -0.1) is 0 Å². The minimum absolute atomic E-state index is 0. The molecule has 4 aromatic carbocycles. The van der Waals surface area contributed by atoms with Gasteiger partial charge >= 0.3 is 68.9 Å². The third-order valence-corrected chi connectivity index (χ3v) is 4.45. The van der Waals surface area contributed by atoms with Crippen LogP contribution in [0.3, 0.4) is 0 Å². The van der Waals surface area contributed by atoms with Gasteiger partial charge < -0.3 is 9.90 Å². The quantitative estimate of drug-likeness (QED) is 0.456. The molecule has 0 aliphatic carbocycles. The predicted octanol–water partition coefficient (Wildman–Crippen LogP) is 0.661. The van der Waals surface area contributed by atoms with Gasteiger partial charge in [0.1, 0.15) is 0 Å². The van der Waals surface area contributed by atoms with E-state index in [1.165, 1.54) is 37.9 Å². The van der Waals surface area contributed by atoms with Gasteiger partial charge in [-0.05, 0) is 57.1 Å². The second-order valence-electron chi connectivity index (χ2n) is 5.81. The summed E-state index contributed by atoms with van der Waals surface area (Å²) in [4.78, 5) is 10.6. The predicted molar refractivity (Wildman–Crippen MR) is 88.1 cm³/mol. The molecule has 3 heteroatoms. The fourth-order valence-corrected chi connectivity index (χ4v) is 3.44. The summed E-state index contributed by atoms with van der Waals surface area (Å²) in [5, 5.41) is 18.2. The van der Waals surface area contributed by atoms with Crippen molar-refractivity contribution in [3.8, 4) is 0 Å². The Morgan fingerprint density at radius 1 is 0.826 bits per heavy atom. The maximum Gasteiger partial charge on any atom is 1.00 e. The maximum atomic E-state index is 10.6. The third-order valence-electron chi connectivity index (χ3n) is 4.45. The molecule has 0 atom stereocenters. The molecule has 0 saturated carbocycles. The number of carbonyl (C=O) groups excluding carboxylic acids is 1. The summed E-state index contributed by atoms with van der Waals surface area (Å²) in [6, 6.07) is 19.3. The Labute approximate surface area is 193 Å².